The van der Waals surface area contributed by atoms with Crippen LogP contribution in [-0.4, -0.2) is 51.6 Å². The molecule has 0 aliphatic rings. The molecule has 2 N–H and O–H groups in total. The van der Waals surface area contributed by atoms with Gasteiger partial charge in [0.25, 0.3) is 5.69 Å². The van der Waals surface area contributed by atoms with Gasteiger partial charge in [0.1, 0.15) is 0 Å². The Hall–Kier alpha value is -4.34. The number of non-ortho nitro benzene ring substituents is 1. The van der Waals surface area contributed by atoms with Gasteiger partial charge >= 0.3 is 0 Å². The summed E-state index contributed by atoms with van der Waals surface area (Å²) in [6, 6.07) is 21.5. The third-order valence-electron chi connectivity index (χ3n) is 5.37. The summed E-state index contributed by atoms with van der Waals surface area (Å²) in [5, 5.41) is 37.3. The van der Waals surface area contributed by atoms with Gasteiger partial charge in [-0.05, 0) is 47.5 Å². The topological polar surface area (TPSA) is 126 Å². The molecule has 0 unspecified atom stereocenters. The van der Waals surface area contributed by atoms with Gasteiger partial charge in [-0.1, -0.05) is 36.4 Å². The molecule has 0 spiro atoms. The number of aliphatic hydroxyl groups is 2. The molecule has 0 aliphatic heterocycles. The van der Waals surface area contributed by atoms with Crippen molar-refractivity contribution in [2.45, 2.75) is 0 Å². The summed E-state index contributed by atoms with van der Waals surface area (Å²) in [6.07, 6.45) is 3.99. The van der Waals surface area contributed by atoms with Gasteiger partial charge in [0.2, 0.25) is 11.8 Å². The normalized spacial score (nSPS) is 11.1. The van der Waals surface area contributed by atoms with Crippen molar-refractivity contribution in [1.82, 2.24) is 10.2 Å². The highest BCUT2D eigenvalue weighted by atomic mass is 16.6. The van der Waals surface area contributed by atoms with Crippen molar-refractivity contribution in [3.05, 3.63) is 94.0 Å². The highest BCUT2D eigenvalue weighted by Crippen LogP contribution is 2.26. The highest BCUT2D eigenvalue weighted by molar-refractivity contribution is 5.72. The Morgan fingerprint density at radius 2 is 1.23 bits per heavy atom. The first-order chi connectivity index (χ1) is 17.1. The molecule has 9 nitrogen and oxygen atoms in total. The lowest BCUT2D eigenvalue weighted by Crippen LogP contribution is -2.29. The lowest BCUT2D eigenvalue weighted by molar-refractivity contribution is -0.384. The molecule has 4 rings (SSSR count). The van der Waals surface area contributed by atoms with Crippen LogP contribution < -0.4 is 4.90 Å². The van der Waals surface area contributed by atoms with Gasteiger partial charge in [0.05, 0.1) is 18.1 Å². The molecule has 35 heavy (non-hydrogen) atoms. The highest BCUT2D eigenvalue weighted by Gasteiger charge is 2.12. The second-order valence-corrected chi connectivity index (χ2v) is 7.70. The summed E-state index contributed by atoms with van der Waals surface area (Å²) in [5.41, 5.74) is 4.34. The van der Waals surface area contributed by atoms with E-state index in [9.17, 15) is 20.3 Å². The maximum atomic E-state index is 10.8. The molecule has 0 amide bonds. The number of nitrogens with zero attached hydrogens (tertiary/aromatic N) is 4. The van der Waals surface area contributed by atoms with Crippen LogP contribution in [0.5, 0.6) is 0 Å². The van der Waals surface area contributed by atoms with Crippen molar-refractivity contribution < 1.29 is 19.6 Å². The van der Waals surface area contributed by atoms with Gasteiger partial charge < -0.3 is 19.5 Å². The van der Waals surface area contributed by atoms with Crippen LogP contribution in [0.25, 0.3) is 35.1 Å². The van der Waals surface area contributed by atoms with Gasteiger partial charge in [-0.15, -0.1) is 10.2 Å². The molecular weight excluding hydrogens is 448 g/mol. The largest absolute Gasteiger partial charge is 0.416 e. The summed E-state index contributed by atoms with van der Waals surface area (Å²) in [6.45, 7) is 0.994. The molecular formula is C26H24N4O5. The smallest absolute Gasteiger partial charge is 0.269 e. The summed E-state index contributed by atoms with van der Waals surface area (Å²) in [4.78, 5) is 12.3. The Balaban J connectivity index is 1.42. The Bertz CT molecular complexity index is 1280. The van der Waals surface area contributed by atoms with E-state index in [2.05, 4.69) is 10.2 Å². The fourth-order valence-corrected chi connectivity index (χ4v) is 3.52. The lowest BCUT2D eigenvalue weighted by Gasteiger charge is -2.22. The van der Waals surface area contributed by atoms with Crippen molar-refractivity contribution in [3.63, 3.8) is 0 Å². The zero-order valence-electron chi connectivity index (χ0n) is 18.8. The van der Waals surface area contributed by atoms with E-state index in [0.717, 1.165) is 22.4 Å². The van der Waals surface area contributed by atoms with E-state index in [1.54, 1.807) is 12.1 Å². The average molecular weight is 473 g/mol. The molecule has 0 saturated carbocycles. The minimum atomic E-state index is -0.458. The molecule has 9 heteroatoms. The van der Waals surface area contributed by atoms with Crippen LogP contribution in [0.4, 0.5) is 11.4 Å². The van der Waals surface area contributed by atoms with E-state index in [1.807, 2.05) is 65.6 Å². The first-order valence-electron chi connectivity index (χ1n) is 11.0. The van der Waals surface area contributed by atoms with E-state index >= 15 is 0 Å². The number of rotatable bonds is 10. The Labute approximate surface area is 201 Å². The van der Waals surface area contributed by atoms with Crippen molar-refractivity contribution in [2.24, 2.45) is 0 Å². The predicted octanol–water partition coefficient (Wildman–Crippen LogP) is 4.27. The van der Waals surface area contributed by atoms with Crippen molar-refractivity contribution in [2.75, 3.05) is 31.2 Å². The molecule has 1 aromatic heterocycles. The standard InChI is InChI=1S/C26H24N4O5/c31-17-15-29(16-18-32)23-11-5-20(6-12-23)2-1-19-3-7-21(8-4-19)25-27-28-26(35-25)22-9-13-24(14-10-22)30(33)34/h1-14,31-32H,15-18H2/b2-1+. The molecule has 0 saturated heterocycles. The second kappa shape index (κ2) is 11.2. The monoisotopic (exact) mass is 472 g/mol. The number of aliphatic hydroxyl groups excluding tert-OH is 2. The molecule has 178 valence electrons. The van der Waals surface area contributed by atoms with Gasteiger partial charge in [0, 0.05) is 42.0 Å². The maximum Gasteiger partial charge on any atom is 0.269 e. The minimum absolute atomic E-state index is 0.00144. The number of nitro benzene ring substituents is 1. The maximum absolute atomic E-state index is 10.8. The first kappa shape index (κ1) is 23.8. The molecule has 0 atom stereocenters. The minimum Gasteiger partial charge on any atom is -0.416 e. The SMILES string of the molecule is O=[N+]([O-])c1ccc(-c2nnc(-c3ccc(/C=C/c4ccc(N(CCO)CCO)cc4)cc3)o2)cc1. The quantitative estimate of drug-likeness (QED) is 0.199. The third kappa shape index (κ3) is 5.97. The molecule has 0 radical (unpaired) electrons. The van der Waals surface area contributed by atoms with Crippen LogP contribution in [0.15, 0.2) is 77.2 Å². The lowest BCUT2D eigenvalue weighted by atomic mass is 10.1. The molecule has 0 fully saturated rings. The van der Waals surface area contributed by atoms with Crippen molar-refractivity contribution in [3.8, 4) is 22.9 Å². The summed E-state index contributed by atoms with van der Waals surface area (Å²) >= 11 is 0. The zero-order valence-corrected chi connectivity index (χ0v) is 18.8. The third-order valence-corrected chi connectivity index (χ3v) is 5.37. The van der Waals surface area contributed by atoms with Crippen LogP contribution in [0.3, 0.4) is 0 Å². The van der Waals surface area contributed by atoms with Crippen LogP contribution in [-0.2, 0) is 0 Å². The van der Waals surface area contributed by atoms with E-state index in [0.29, 0.717) is 30.4 Å². The molecule has 0 bridgehead atoms. The van der Waals surface area contributed by atoms with Gasteiger partial charge in [-0.2, -0.15) is 0 Å². The summed E-state index contributed by atoms with van der Waals surface area (Å²) < 4.78 is 5.75. The van der Waals surface area contributed by atoms with E-state index in [1.165, 1.54) is 12.1 Å². The van der Waals surface area contributed by atoms with Crippen LogP contribution >= 0.6 is 0 Å². The van der Waals surface area contributed by atoms with Crippen molar-refractivity contribution >= 4 is 23.5 Å². The van der Waals surface area contributed by atoms with Gasteiger partial charge in [-0.3, -0.25) is 10.1 Å². The molecule has 0 aliphatic carbocycles. The first-order valence-corrected chi connectivity index (χ1v) is 11.0. The zero-order chi connectivity index (χ0) is 24.6. The Kier molecular flexibility index (Phi) is 7.61. The van der Waals surface area contributed by atoms with E-state index in [-0.39, 0.29) is 18.9 Å². The Morgan fingerprint density at radius 1 is 0.771 bits per heavy atom. The number of benzene rings is 3. The second-order valence-electron chi connectivity index (χ2n) is 7.70. The van der Waals surface area contributed by atoms with E-state index in [4.69, 9.17) is 4.42 Å². The fraction of sp³-hybridized carbons (Fsp3) is 0.154. The molecule has 3 aromatic carbocycles. The van der Waals surface area contributed by atoms with Crippen molar-refractivity contribution in [1.29, 1.82) is 0 Å². The number of nitro groups is 1. The number of anilines is 1. The number of hydrogen-bond donors (Lipinski definition) is 2. The van der Waals surface area contributed by atoms with Gasteiger partial charge in [0.15, 0.2) is 0 Å². The molecule has 1 heterocycles. The van der Waals surface area contributed by atoms with Crippen LogP contribution in [0, 0.1) is 10.1 Å². The number of hydrogen-bond acceptors (Lipinski definition) is 8. The predicted molar refractivity (Wildman–Crippen MR) is 134 cm³/mol. The Morgan fingerprint density at radius 3 is 1.69 bits per heavy atom. The summed E-state index contributed by atoms with van der Waals surface area (Å²) in [7, 11) is 0. The average Bonchev–Trinajstić information content (AvgIpc) is 3.38. The van der Waals surface area contributed by atoms with E-state index < -0.39 is 4.92 Å². The van der Waals surface area contributed by atoms with Crippen LogP contribution in [0.2, 0.25) is 0 Å². The number of aromatic nitrogens is 2. The van der Waals surface area contributed by atoms with Crippen LogP contribution in [0.1, 0.15) is 11.1 Å². The van der Waals surface area contributed by atoms with Gasteiger partial charge in [-0.25, -0.2) is 0 Å². The molecule has 4 aromatic rings. The fourth-order valence-electron chi connectivity index (χ4n) is 3.52. The summed E-state index contributed by atoms with van der Waals surface area (Å²) in [5.74, 6) is 0.652.